The molecule has 168 valence electrons. The Morgan fingerprint density at radius 1 is 0.969 bits per heavy atom. The minimum Gasteiger partial charge on any atom is -0.494 e. The number of hydrogen-bond donors (Lipinski definition) is 2. The normalized spacial score (nSPS) is 14.2. The second-order valence-corrected chi connectivity index (χ2v) is 7.06. The van der Waals surface area contributed by atoms with Crippen molar-refractivity contribution in [3.05, 3.63) is 60.4 Å². The lowest BCUT2D eigenvalue weighted by atomic mass is 10.2. The summed E-state index contributed by atoms with van der Waals surface area (Å²) in [4.78, 5) is 10.2. The number of morpholine rings is 1. The maximum atomic E-state index is 13.5. The molecule has 0 radical (unpaired) electrons. The van der Waals surface area contributed by atoms with Gasteiger partial charge in [0.25, 0.3) is 0 Å². The van der Waals surface area contributed by atoms with Gasteiger partial charge in [0.1, 0.15) is 17.4 Å². The van der Waals surface area contributed by atoms with Crippen LogP contribution in [0.25, 0.3) is 0 Å². The Bertz CT molecular complexity index is 1060. The highest BCUT2D eigenvalue weighted by molar-refractivity contribution is 5.72. The highest BCUT2D eigenvalue weighted by atomic mass is 19.4. The van der Waals surface area contributed by atoms with Crippen LogP contribution in [0, 0.1) is 0 Å². The fourth-order valence-corrected chi connectivity index (χ4v) is 3.37. The third-order valence-corrected chi connectivity index (χ3v) is 4.96. The van der Waals surface area contributed by atoms with Gasteiger partial charge in [-0.05, 0) is 24.3 Å². The van der Waals surface area contributed by atoms with E-state index in [0.717, 1.165) is 25.0 Å². The van der Waals surface area contributed by atoms with Crippen molar-refractivity contribution in [3.8, 4) is 5.75 Å². The molecule has 1 aliphatic rings. The Morgan fingerprint density at radius 2 is 1.75 bits per heavy atom. The molecule has 1 saturated heterocycles. The molecule has 0 bridgehead atoms. The maximum absolute atomic E-state index is 13.5. The molecule has 0 aliphatic carbocycles. The molecule has 0 amide bonds. The van der Waals surface area contributed by atoms with E-state index in [-0.39, 0.29) is 11.5 Å². The molecule has 32 heavy (non-hydrogen) atoms. The van der Waals surface area contributed by atoms with Crippen LogP contribution in [0.1, 0.15) is 5.56 Å². The van der Waals surface area contributed by atoms with Gasteiger partial charge >= 0.3 is 6.18 Å². The third kappa shape index (κ3) is 5.02. The lowest BCUT2D eigenvalue weighted by Gasteiger charge is -2.29. The van der Waals surface area contributed by atoms with Gasteiger partial charge in [-0.1, -0.05) is 6.07 Å². The summed E-state index contributed by atoms with van der Waals surface area (Å²) in [6.45, 7) is 2.87. The first-order chi connectivity index (χ1) is 15.4. The number of nitrogens with zero attached hydrogens (tertiary/aromatic N) is 3. The number of rotatable bonds is 6. The van der Waals surface area contributed by atoms with E-state index < -0.39 is 11.7 Å². The number of halogens is 3. The van der Waals surface area contributed by atoms with Crippen LogP contribution in [0.2, 0.25) is 0 Å². The quantitative estimate of drug-likeness (QED) is 0.563. The largest absolute Gasteiger partial charge is 0.494 e. The third-order valence-electron chi connectivity index (χ3n) is 4.96. The SMILES string of the molecule is COc1cc(N2CCOCC2)ccc1Nc1cc(Nc2ccccn2)c(C(F)(F)F)cn1. The standard InChI is InChI=1S/C22H22F3N5O2/c1-31-19-12-15(30-8-10-32-11-9-30)5-6-17(19)28-21-13-18(16(14-27-21)22(23,24)25)29-20-4-2-3-7-26-20/h2-7,12-14H,8-11H2,1H3,(H2,26,27,28,29). The molecule has 1 aliphatic heterocycles. The molecule has 4 rings (SSSR count). The van der Waals surface area contributed by atoms with Crippen LogP contribution >= 0.6 is 0 Å². The fourth-order valence-electron chi connectivity index (χ4n) is 3.37. The fraction of sp³-hybridized carbons (Fsp3) is 0.273. The Labute approximate surface area is 183 Å². The number of aromatic nitrogens is 2. The van der Waals surface area contributed by atoms with Gasteiger partial charge in [-0.15, -0.1) is 0 Å². The minimum absolute atomic E-state index is 0.155. The van der Waals surface area contributed by atoms with E-state index in [1.807, 2.05) is 18.2 Å². The van der Waals surface area contributed by atoms with Crippen LogP contribution in [0.4, 0.5) is 41.9 Å². The minimum atomic E-state index is -4.57. The van der Waals surface area contributed by atoms with E-state index in [0.29, 0.717) is 30.5 Å². The van der Waals surface area contributed by atoms with E-state index >= 15 is 0 Å². The van der Waals surface area contributed by atoms with Gasteiger partial charge in [0.2, 0.25) is 0 Å². The summed E-state index contributed by atoms with van der Waals surface area (Å²) in [6, 6.07) is 11.9. The number of anilines is 5. The van der Waals surface area contributed by atoms with Crippen molar-refractivity contribution in [1.82, 2.24) is 9.97 Å². The molecule has 1 aromatic carbocycles. The topological polar surface area (TPSA) is 71.5 Å². The molecule has 7 nitrogen and oxygen atoms in total. The van der Waals surface area contributed by atoms with Crippen LogP contribution in [-0.4, -0.2) is 43.4 Å². The number of nitrogens with one attached hydrogen (secondary N) is 2. The van der Waals surface area contributed by atoms with E-state index in [9.17, 15) is 13.2 Å². The van der Waals surface area contributed by atoms with Crippen molar-refractivity contribution in [2.75, 3.05) is 48.9 Å². The number of methoxy groups -OCH3 is 1. The molecule has 0 spiro atoms. The molecule has 10 heteroatoms. The predicted molar refractivity (Wildman–Crippen MR) is 116 cm³/mol. The van der Waals surface area contributed by atoms with Gasteiger partial charge in [-0.3, -0.25) is 0 Å². The number of alkyl halides is 3. The van der Waals surface area contributed by atoms with Crippen LogP contribution in [0.5, 0.6) is 5.75 Å². The molecule has 3 aromatic rings. The van der Waals surface area contributed by atoms with Gasteiger partial charge in [-0.2, -0.15) is 13.2 Å². The molecule has 3 heterocycles. The number of hydrogen-bond acceptors (Lipinski definition) is 7. The van der Waals surface area contributed by atoms with E-state index in [4.69, 9.17) is 9.47 Å². The molecule has 0 atom stereocenters. The highest BCUT2D eigenvalue weighted by Gasteiger charge is 2.34. The average molecular weight is 445 g/mol. The van der Waals surface area contributed by atoms with E-state index in [1.54, 1.807) is 18.2 Å². The molecule has 1 fully saturated rings. The number of benzene rings is 1. The first-order valence-electron chi connectivity index (χ1n) is 9.97. The summed E-state index contributed by atoms with van der Waals surface area (Å²) < 4.78 is 51.4. The summed E-state index contributed by atoms with van der Waals surface area (Å²) >= 11 is 0. The average Bonchev–Trinajstić information content (AvgIpc) is 2.80. The van der Waals surface area contributed by atoms with Gasteiger partial charge in [0.15, 0.2) is 0 Å². The zero-order valence-electron chi connectivity index (χ0n) is 17.3. The van der Waals surface area contributed by atoms with E-state index in [1.165, 1.54) is 19.4 Å². The number of ether oxygens (including phenoxy) is 2. The molecular weight excluding hydrogens is 423 g/mol. The molecule has 2 N–H and O–H groups in total. The van der Waals surface area contributed by atoms with Crippen LogP contribution in [0.15, 0.2) is 54.9 Å². The zero-order chi connectivity index (χ0) is 22.6. The van der Waals surface area contributed by atoms with Crippen LogP contribution in [-0.2, 0) is 10.9 Å². The van der Waals surface area contributed by atoms with E-state index in [2.05, 4.69) is 25.5 Å². The van der Waals surface area contributed by atoms with Gasteiger partial charge in [-0.25, -0.2) is 9.97 Å². The molecule has 0 unspecified atom stereocenters. The Kier molecular flexibility index (Phi) is 6.31. The maximum Gasteiger partial charge on any atom is 0.419 e. The summed E-state index contributed by atoms with van der Waals surface area (Å²) in [7, 11) is 1.54. The Balaban J connectivity index is 1.61. The first kappa shape index (κ1) is 21.7. The van der Waals surface area contributed by atoms with Gasteiger partial charge in [0, 0.05) is 43.3 Å². The van der Waals surface area contributed by atoms with Crippen molar-refractivity contribution in [1.29, 1.82) is 0 Å². The van der Waals surface area contributed by atoms with Gasteiger partial charge < -0.3 is 25.0 Å². The summed E-state index contributed by atoms with van der Waals surface area (Å²) in [5, 5.41) is 5.78. The second-order valence-electron chi connectivity index (χ2n) is 7.06. The zero-order valence-corrected chi connectivity index (χ0v) is 17.3. The molecular formula is C22H22F3N5O2. The van der Waals surface area contributed by atoms with Gasteiger partial charge in [0.05, 0.1) is 37.3 Å². The van der Waals surface area contributed by atoms with Crippen molar-refractivity contribution in [3.63, 3.8) is 0 Å². The Morgan fingerprint density at radius 3 is 2.44 bits per heavy atom. The smallest absolute Gasteiger partial charge is 0.419 e. The molecule has 2 aromatic heterocycles. The van der Waals surface area contributed by atoms with Crippen molar-refractivity contribution in [2.45, 2.75) is 6.18 Å². The molecule has 0 saturated carbocycles. The monoisotopic (exact) mass is 445 g/mol. The van der Waals surface area contributed by atoms with Crippen LogP contribution in [0.3, 0.4) is 0 Å². The highest BCUT2D eigenvalue weighted by Crippen LogP contribution is 2.38. The second kappa shape index (κ2) is 9.31. The lowest BCUT2D eigenvalue weighted by molar-refractivity contribution is -0.137. The lowest BCUT2D eigenvalue weighted by Crippen LogP contribution is -2.36. The van der Waals surface area contributed by atoms with Crippen molar-refractivity contribution in [2.24, 2.45) is 0 Å². The van der Waals surface area contributed by atoms with Crippen molar-refractivity contribution < 1.29 is 22.6 Å². The van der Waals surface area contributed by atoms with Crippen LogP contribution < -0.4 is 20.3 Å². The number of pyridine rings is 2. The summed E-state index contributed by atoms with van der Waals surface area (Å²) in [5.74, 6) is 1.08. The summed E-state index contributed by atoms with van der Waals surface area (Å²) in [5.41, 5.74) is 0.523. The Hall–Kier alpha value is -3.53. The van der Waals surface area contributed by atoms with Crippen molar-refractivity contribution >= 4 is 28.7 Å². The first-order valence-corrected chi connectivity index (χ1v) is 9.97. The summed E-state index contributed by atoms with van der Waals surface area (Å²) in [6.07, 6.45) is -2.28. The predicted octanol–water partition coefficient (Wildman–Crippen LogP) is 4.83.